The Morgan fingerprint density at radius 3 is 2.41 bits per heavy atom. The zero-order valence-corrected chi connectivity index (χ0v) is 16.9. The van der Waals surface area contributed by atoms with Crippen molar-refractivity contribution in [1.82, 2.24) is 15.5 Å². The average Bonchev–Trinajstić information content (AvgIpc) is 2.72. The third-order valence-electron chi connectivity index (χ3n) is 6.11. The van der Waals surface area contributed by atoms with Crippen LogP contribution in [0.4, 0.5) is 4.79 Å². The predicted octanol–water partition coefficient (Wildman–Crippen LogP) is 4.02. The minimum atomic E-state index is -0.0150. The molecule has 2 bridgehead atoms. The molecule has 2 N–H and O–H groups in total. The largest absolute Gasteiger partial charge is 0.349 e. The SMILES string of the molecule is Cc1cccc(C(=O)NC2C[C@H]3CCC[C@H](C2)N3C(=O)NCc2ccccc2)c1. The number of carbonyl (C=O) groups is 2. The lowest BCUT2D eigenvalue weighted by atomic mass is 9.82. The third kappa shape index (κ3) is 4.61. The van der Waals surface area contributed by atoms with Crippen LogP contribution in [0, 0.1) is 6.92 Å². The Morgan fingerprint density at radius 2 is 1.72 bits per heavy atom. The number of carbonyl (C=O) groups excluding carboxylic acids is 2. The molecule has 2 aromatic rings. The fourth-order valence-electron chi connectivity index (χ4n) is 4.75. The van der Waals surface area contributed by atoms with E-state index in [1.165, 1.54) is 0 Å². The van der Waals surface area contributed by atoms with Crippen molar-refractivity contribution >= 4 is 11.9 Å². The lowest BCUT2D eigenvalue weighted by molar-refractivity contribution is 0.0522. The maximum atomic E-state index is 12.9. The summed E-state index contributed by atoms with van der Waals surface area (Å²) < 4.78 is 0. The van der Waals surface area contributed by atoms with Crippen molar-refractivity contribution in [3.8, 4) is 0 Å². The molecule has 2 aromatic carbocycles. The van der Waals surface area contributed by atoms with Crippen LogP contribution in [0.3, 0.4) is 0 Å². The smallest absolute Gasteiger partial charge is 0.318 e. The summed E-state index contributed by atoms with van der Waals surface area (Å²) in [5, 5.41) is 6.30. The molecule has 2 aliphatic rings. The van der Waals surface area contributed by atoms with Crippen LogP contribution in [-0.4, -0.2) is 35.0 Å². The van der Waals surface area contributed by atoms with Crippen LogP contribution in [0.5, 0.6) is 0 Å². The van der Waals surface area contributed by atoms with E-state index in [-0.39, 0.29) is 30.1 Å². The van der Waals surface area contributed by atoms with Gasteiger partial charge in [-0.1, -0.05) is 48.0 Å². The van der Waals surface area contributed by atoms with Crippen molar-refractivity contribution in [2.75, 3.05) is 0 Å². The number of aryl methyl sites for hydroxylation is 1. The first-order valence-corrected chi connectivity index (χ1v) is 10.6. The van der Waals surface area contributed by atoms with Crippen LogP contribution >= 0.6 is 0 Å². The maximum absolute atomic E-state index is 12.9. The van der Waals surface area contributed by atoms with Gasteiger partial charge in [0.05, 0.1) is 0 Å². The second kappa shape index (κ2) is 8.68. The summed E-state index contributed by atoms with van der Waals surface area (Å²) in [4.78, 5) is 27.6. The number of rotatable bonds is 4. The highest BCUT2D eigenvalue weighted by atomic mass is 16.2. The van der Waals surface area contributed by atoms with E-state index in [0.717, 1.165) is 43.2 Å². The van der Waals surface area contributed by atoms with E-state index in [1.54, 1.807) is 0 Å². The summed E-state index contributed by atoms with van der Waals surface area (Å²) >= 11 is 0. The lowest BCUT2D eigenvalue weighted by Crippen LogP contribution is -2.60. The molecule has 2 heterocycles. The Hall–Kier alpha value is -2.82. The van der Waals surface area contributed by atoms with Gasteiger partial charge in [0.15, 0.2) is 0 Å². The van der Waals surface area contributed by atoms with E-state index < -0.39 is 0 Å². The molecule has 0 aromatic heterocycles. The molecule has 2 fully saturated rings. The highest BCUT2D eigenvalue weighted by Gasteiger charge is 2.41. The molecule has 0 saturated carbocycles. The normalized spacial score (nSPS) is 23.3. The molecule has 2 atom stereocenters. The number of piperidine rings is 2. The van der Waals surface area contributed by atoms with Gasteiger partial charge in [0.1, 0.15) is 0 Å². The molecular weight excluding hydrogens is 362 g/mol. The van der Waals surface area contributed by atoms with E-state index in [1.807, 2.05) is 66.4 Å². The second-order valence-electron chi connectivity index (χ2n) is 8.30. The topological polar surface area (TPSA) is 61.4 Å². The Bertz CT molecular complexity index is 853. The minimum Gasteiger partial charge on any atom is -0.349 e. The first-order valence-electron chi connectivity index (χ1n) is 10.6. The second-order valence-corrected chi connectivity index (χ2v) is 8.30. The molecule has 0 unspecified atom stereocenters. The molecule has 2 saturated heterocycles. The Kier molecular flexibility index (Phi) is 5.84. The van der Waals surface area contributed by atoms with E-state index in [2.05, 4.69) is 10.6 Å². The number of nitrogens with zero attached hydrogens (tertiary/aromatic N) is 1. The van der Waals surface area contributed by atoms with Gasteiger partial charge in [-0.15, -0.1) is 0 Å². The van der Waals surface area contributed by atoms with Crippen LogP contribution < -0.4 is 10.6 Å². The summed E-state index contributed by atoms with van der Waals surface area (Å²) in [6, 6.07) is 18.2. The van der Waals surface area contributed by atoms with Gasteiger partial charge in [0.25, 0.3) is 5.91 Å². The van der Waals surface area contributed by atoms with Crippen LogP contribution in [-0.2, 0) is 6.54 Å². The maximum Gasteiger partial charge on any atom is 0.318 e. The van der Waals surface area contributed by atoms with Crippen LogP contribution in [0.15, 0.2) is 54.6 Å². The molecule has 5 nitrogen and oxygen atoms in total. The Labute approximate surface area is 172 Å². The number of urea groups is 1. The number of hydrogen-bond donors (Lipinski definition) is 2. The van der Waals surface area contributed by atoms with Crippen LogP contribution in [0.25, 0.3) is 0 Å². The monoisotopic (exact) mass is 391 g/mol. The predicted molar refractivity (Wildman–Crippen MR) is 114 cm³/mol. The van der Waals surface area contributed by atoms with Gasteiger partial charge in [0.2, 0.25) is 0 Å². The average molecular weight is 392 g/mol. The molecule has 2 aliphatic heterocycles. The number of benzene rings is 2. The Morgan fingerprint density at radius 1 is 1.00 bits per heavy atom. The fourth-order valence-corrected chi connectivity index (χ4v) is 4.75. The third-order valence-corrected chi connectivity index (χ3v) is 6.11. The lowest BCUT2D eigenvalue weighted by Gasteiger charge is -2.48. The zero-order valence-electron chi connectivity index (χ0n) is 16.9. The summed E-state index contributed by atoms with van der Waals surface area (Å²) in [5.74, 6) is -0.0150. The number of nitrogens with one attached hydrogen (secondary N) is 2. The number of amides is 3. The molecule has 5 heteroatoms. The molecule has 0 aliphatic carbocycles. The molecule has 29 heavy (non-hydrogen) atoms. The van der Waals surface area contributed by atoms with Gasteiger partial charge in [-0.25, -0.2) is 4.79 Å². The van der Waals surface area contributed by atoms with Crippen LogP contribution in [0.2, 0.25) is 0 Å². The van der Waals surface area contributed by atoms with Crippen molar-refractivity contribution in [3.63, 3.8) is 0 Å². The van der Waals surface area contributed by atoms with Crippen LogP contribution in [0.1, 0.15) is 53.6 Å². The van der Waals surface area contributed by atoms with Gasteiger partial charge >= 0.3 is 6.03 Å². The molecule has 0 radical (unpaired) electrons. The Balaban J connectivity index is 1.37. The van der Waals surface area contributed by atoms with E-state index >= 15 is 0 Å². The molecular formula is C24H29N3O2. The van der Waals surface area contributed by atoms with Gasteiger partial charge in [-0.2, -0.15) is 0 Å². The van der Waals surface area contributed by atoms with Gasteiger partial charge in [-0.3, -0.25) is 4.79 Å². The van der Waals surface area contributed by atoms with Gasteiger partial charge < -0.3 is 15.5 Å². The van der Waals surface area contributed by atoms with Crippen molar-refractivity contribution in [2.24, 2.45) is 0 Å². The van der Waals surface area contributed by atoms with E-state index in [4.69, 9.17) is 0 Å². The van der Waals surface area contributed by atoms with Gasteiger partial charge in [0, 0.05) is 30.2 Å². The van der Waals surface area contributed by atoms with E-state index in [0.29, 0.717) is 12.1 Å². The summed E-state index contributed by atoms with van der Waals surface area (Å²) in [6.45, 7) is 2.54. The first-order chi connectivity index (χ1) is 14.1. The van der Waals surface area contributed by atoms with E-state index in [9.17, 15) is 9.59 Å². The summed E-state index contributed by atoms with van der Waals surface area (Å²) in [7, 11) is 0. The molecule has 3 amide bonds. The summed E-state index contributed by atoms with van der Waals surface area (Å²) in [5.41, 5.74) is 2.89. The van der Waals surface area contributed by atoms with Gasteiger partial charge in [-0.05, 0) is 56.7 Å². The van der Waals surface area contributed by atoms with Crippen molar-refractivity contribution < 1.29 is 9.59 Å². The first kappa shape index (κ1) is 19.5. The molecule has 0 spiro atoms. The highest BCUT2D eigenvalue weighted by molar-refractivity contribution is 5.94. The summed E-state index contributed by atoms with van der Waals surface area (Å²) in [6.07, 6.45) is 4.81. The van der Waals surface area contributed by atoms with Crippen molar-refractivity contribution in [3.05, 3.63) is 71.3 Å². The molecule has 152 valence electrons. The van der Waals surface area contributed by atoms with Crippen molar-refractivity contribution in [1.29, 1.82) is 0 Å². The standard InChI is InChI=1S/C24H29N3O2/c1-17-7-5-10-19(13-17)23(28)26-20-14-21-11-6-12-22(15-20)27(21)24(29)25-16-18-8-3-2-4-9-18/h2-5,7-10,13,20-22H,6,11-12,14-16H2,1H3,(H,25,29)(H,26,28)/t21-,22-/m1/s1. The van der Waals surface area contributed by atoms with Crippen molar-refractivity contribution in [2.45, 2.75) is 63.7 Å². The number of hydrogen-bond acceptors (Lipinski definition) is 2. The minimum absolute atomic E-state index is 0.0150. The highest BCUT2D eigenvalue weighted by Crippen LogP contribution is 2.34. The zero-order chi connectivity index (χ0) is 20.2. The molecule has 4 rings (SSSR count). The number of fused-ring (bicyclic) bond motifs is 2. The quantitative estimate of drug-likeness (QED) is 0.827. The fraction of sp³-hybridized carbons (Fsp3) is 0.417.